The first kappa shape index (κ1) is 11.9. The van der Waals surface area contributed by atoms with E-state index in [4.69, 9.17) is 5.11 Å². The molecule has 4 heteroatoms. The summed E-state index contributed by atoms with van der Waals surface area (Å²) in [5, 5.41) is 9.05. The molecule has 2 amide bonds. The number of imide groups is 1. The average Bonchev–Trinajstić information content (AvgIpc) is 3.14. The van der Waals surface area contributed by atoms with E-state index in [1.807, 2.05) is 0 Å². The van der Waals surface area contributed by atoms with Crippen LogP contribution in [-0.2, 0) is 16.2 Å². The Hall–Kier alpha value is -1.94. The van der Waals surface area contributed by atoms with E-state index in [9.17, 15) is 9.59 Å². The summed E-state index contributed by atoms with van der Waals surface area (Å²) in [7, 11) is 0. The Morgan fingerprint density at radius 2 is 1.55 bits per heavy atom. The van der Waals surface area contributed by atoms with Crippen LogP contribution in [0.15, 0.2) is 36.4 Å². The first-order valence-corrected chi connectivity index (χ1v) is 6.96. The van der Waals surface area contributed by atoms with Gasteiger partial charge in [-0.3, -0.25) is 14.5 Å². The Balaban J connectivity index is 1.70. The fraction of sp³-hybridized carbons (Fsp3) is 0.375. The number of carbonyl (C=O) groups excluding carboxylic acids is 2. The van der Waals surface area contributed by atoms with Crippen LogP contribution in [0.25, 0.3) is 0 Å². The van der Waals surface area contributed by atoms with Crippen molar-refractivity contribution in [3.05, 3.63) is 42.0 Å². The Labute approximate surface area is 116 Å². The Morgan fingerprint density at radius 1 is 1.00 bits per heavy atom. The lowest BCUT2D eigenvalue weighted by molar-refractivity contribution is -0.123. The van der Waals surface area contributed by atoms with Gasteiger partial charge < -0.3 is 5.11 Å². The van der Waals surface area contributed by atoms with Gasteiger partial charge in [0.15, 0.2) is 0 Å². The van der Waals surface area contributed by atoms with Gasteiger partial charge in [-0.15, -0.1) is 0 Å². The molecule has 102 valence electrons. The largest absolute Gasteiger partial charge is 0.392 e. The maximum atomic E-state index is 12.6. The summed E-state index contributed by atoms with van der Waals surface area (Å²) >= 11 is 0. The monoisotopic (exact) mass is 269 g/mol. The minimum Gasteiger partial charge on any atom is -0.392 e. The van der Waals surface area contributed by atoms with E-state index in [0.29, 0.717) is 5.69 Å². The van der Waals surface area contributed by atoms with Crippen molar-refractivity contribution < 1.29 is 14.7 Å². The van der Waals surface area contributed by atoms with E-state index in [0.717, 1.165) is 12.0 Å². The number of hydrogen-bond acceptors (Lipinski definition) is 3. The molecule has 4 unspecified atom stereocenters. The number of anilines is 1. The number of rotatable bonds is 2. The third-order valence-electron chi connectivity index (χ3n) is 4.85. The maximum absolute atomic E-state index is 12.6. The molecule has 3 aliphatic rings. The van der Waals surface area contributed by atoms with Crippen LogP contribution in [0.5, 0.6) is 0 Å². The Morgan fingerprint density at radius 3 is 2.05 bits per heavy atom. The summed E-state index contributed by atoms with van der Waals surface area (Å²) in [5.41, 5.74) is 1.39. The standard InChI is InChI=1S/C16H15NO3/c18-8-9-1-5-12(6-2-9)17-15(19)13-10-3-4-11(7-10)14(13)16(17)20/h1-6,10-11,13-14,18H,7-8H2. The van der Waals surface area contributed by atoms with Crippen molar-refractivity contribution in [3.63, 3.8) is 0 Å². The molecule has 4 nitrogen and oxygen atoms in total. The van der Waals surface area contributed by atoms with E-state index >= 15 is 0 Å². The highest BCUT2D eigenvalue weighted by Gasteiger charge is 2.59. The number of aliphatic hydroxyl groups is 1. The van der Waals surface area contributed by atoms with Crippen molar-refractivity contribution in [3.8, 4) is 0 Å². The Bertz CT molecular complexity index is 589. The fourth-order valence-electron chi connectivity index (χ4n) is 3.91. The van der Waals surface area contributed by atoms with Crippen LogP contribution < -0.4 is 4.90 Å². The lowest BCUT2D eigenvalue weighted by Gasteiger charge is -2.17. The van der Waals surface area contributed by atoms with E-state index in [2.05, 4.69) is 12.2 Å². The normalized spacial score (nSPS) is 34.1. The number of carbonyl (C=O) groups is 2. The Kier molecular flexibility index (Phi) is 2.39. The van der Waals surface area contributed by atoms with Crippen LogP contribution in [0, 0.1) is 23.7 Å². The fourth-order valence-corrected chi connectivity index (χ4v) is 3.91. The molecule has 1 saturated heterocycles. The molecule has 1 saturated carbocycles. The van der Waals surface area contributed by atoms with Crippen LogP contribution in [0.3, 0.4) is 0 Å². The summed E-state index contributed by atoms with van der Waals surface area (Å²) in [6.45, 7) is -0.0402. The predicted molar refractivity (Wildman–Crippen MR) is 72.6 cm³/mol. The lowest BCUT2D eigenvalue weighted by atomic mass is 9.85. The third-order valence-corrected chi connectivity index (χ3v) is 4.85. The minimum atomic E-state index is -0.157. The molecular weight excluding hydrogens is 254 g/mol. The number of hydrogen-bond donors (Lipinski definition) is 1. The van der Waals surface area contributed by atoms with Gasteiger partial charge in [0.1, 0.15) is 0 Å². The molecule has 0 spiro atoms. The van der Waals surface area contributed by atoms with Crippen LogP contribution in [0.4, 0.5) is 5.69 Å². The molecular formula is C16H15NO3. The van der Waals surface area contributed by atoms with Crippen LogP contribution in [0.1, 0.15) is 12.0 Å². The van der Waals surface area contributed by atoms with Crippen LogP contribution >= 0.6 is 0 Å². The van der Waals surface area contributed by atoms with E-state index in [-0.39, 0.29) is 42.1 Å². The molecule has 0 radical (unpaired) electrons. The molecule has 4 atom stereocenters. The van der Waals surface area contributed by atoms with Gasteiger partial charge >= 0.3 is 0 Å². The second-order valence-electron chi connectivity index (χ2n) is 5.84. The van der Waals surface area contributed by atoms with Crippen molar-refractivity contribution in [1.29, 1.82) is 0 Å². The van der Waals surface area contributed by atoms with Crippen molar-refractivity contribution in [1.82, 2.24) is 0 Å². The molecule has 1 aromatic rings. The first-order chi connectivity index (χ1) is 9.70. The average molecular weight is 269 g/mol. The molecule has 1 aromatic carbocycles. The number of benzene rings is 1. The molecule has 2 aliphatic carbocycles. The summed E-state index contributed by atoms with van der Waals surface area (Å²) in [6, 6.07) is 6.96. The van der Waals surface area contributed by atoms with Crippen molar-refractivity contribution in [2.75, 3.05) is 4.90 Å². The summed E-state index contributed by atoms with van der Waals surface area (Å²) in [4.78, 5) is 26.5. The zero-order valence-corrected chi connectivity index (χ0v) is 10.9. The third kappa shape index (κ3) is 1.40. The number of aliphatic hydroxyl groups excluding tert-OH is 1. The summed E-state index contributed by atoms with van der Waals surface area (Å²) < 4.78 is 0. The summed E-state index contributed by atoms with van der Waals surface area (Å²) in [6.07, 6.45) is 5.13. The molecule has 2 bridgehead atoms. The van der Waals surface area contributed by atoms with Gasteiger partial charge in [0, 0.05) is 0 Å². The van der Waals surface area contributed by atoms with Crippen molar-refractivity contribution in [2.45, 2.75) is 13.0 Å². The summed E-state index contributed by atoms with van der Waals surface area (Å²) in [5.74, 6) is 0.0403. The molecule has 1 aliphatic heterocycles. The molecule has 1 N–H and O–H groups in total. The highest BCUT2D eigenvalue weighted by Crippen LogP contribution is 2.53. The first-order valence-electron chi connectivity index (χ1n) is 6.96. The van der Waals surface area contributed by atoms with Gasteiger partial charge in [-0.25, -0.2) is 0 Å². The van der Waals surface area contributed by atoms with E-state index in [1.165, 1.54) is 4.90 Å². The molecule has 4 rings (SSSR count). The molecule has 1 heterocycles. The molecule has 20 heavy (non-hydrogen) atoms. The highest BCUT2D eigenvalue weighted by atomic mass is 16.3. The number of amides is 2. The van der Waals surface area contributed by atoms with Gasteiger partial charge in [0.2, 0.25) is 11.8 Å². The predicted octanol–water partition coefficient (Wildman–Crippen LogP) is 1.49. The number of fused-ring (bicyclic) bond motifs is 5. The topological polar surface area (TPSA) is 57.6 Å². The zero-order valence-electron chi connectivity index (χ0n) is 10.9. The highest BCUT2D eigenvalue weighted by molar-refractivity contribution is 6.22. The van der Waals surface area contributed by atoms with Gasteiger partial charge in [-0.2, -0.15) is 0 Å². The van der Waals surface area contributed by atoms with Crippen LogP contribution in [0.2, 0.25) is 0 Å². The van der Waals surface area contributed by atoms with Crippen molar-refractivity contribution in [2.24, 2.45) is 23.7 Å². The van der Waals surface area contributed by atoms with Gasteiger partial charge in [0.05, 0.1) is 24.1 Å². The molecule has 2 fully saturated rings. The smallest absolute Gasteiger partial charge is 0.238 e. The van der Waals surface area contributed by atoms with Crippen LogP contribution in [-0.4, -0.2) is 16.9 Å². The SMILES string of the molecule is O=C1C2C3C=CC(C3)C2C(=O)N1c1ccc(CO)cc1. The minimum absolute atomic E-state index is 0.0402. The van der Waals surface area contributed by atoms with E-state index < -0.39 is 0 Å². The second kappa shape index (κ2) is 4.03. The number of allylic oxidation sites excluding steroid dienone is 2. The zero-order chi connectivity index (χ0) is 13.9. The van der Waals surface area contributed by atoms with Crippen molar-refractivity contribution >= 4 is 17.5 Å². The van der Waals surface area contributed by atoms with Gasteiger partial charge in [-0.05, 0) is 36.0 Å². The number of nitrogens with zero attached hydrogens (tertiary/aromatic N) is 1. The lowest BCUT2D eigenvalue weighted by Crippen LogP contribution is -2.32. The second-order valence-corrected chi connectivity index (χ2v) is 5.84. The van der Waals surface area contributed by atoms with Gasteiger partial charge in [0.25, 0.3) is 0 Å². The van der Waals surface area contributed by atoms with Gasteiger partial charge in [-0.1, -0.05) is 24.3 Å². The molecule has 0 aromatic heterocycles. The quantitative estimate of drug-likeness (QED) is 0.653. The van der Waals surface area contributed by atoms with E-state index in [1.54, 1.807) is 24.3 Å². The maximum Gasteiger partial charge on any atom is 0.238 e.